The molecular weight excluding hydrogens is 164 g/mol. The number of nitrogens with zero attached hydrogens (tertiary/aromatic N) is 1. The van der Waals surface area contributed by atoms with Gasteiger partial charge in [-0.05, 0) is 26.7 Å². The van der Waals surface area contributed by atoms with Gasteiger partial charge in [-0.3, -0.25) is 4.79 Å². The SMILES string of the molecule is CC(C)N1CC2CCC(CC1=O)N2. The lowest BCUT2D eigenvalue weighted by Crippen LogP contribution is -2.41. The number of carbonyl (C=O) groups excluding carboxylic acids is 1. The summed E-state index contributed by atoms with van der Waals surface area (Å²) in [5.41, 5.74) is 0. The van der Waals surface area contributed by atoms with Gasteiger partial charge in [0.1, 0.15) is 0 Å². The lowest BCUT2D eigenvalue weighted by Gasteiger charge is -2.28. The van der Waals surface area contributed by atoms with Crippen LogP contribution in [0.25, 0.3) is 0 Å². The number of rotatable bonds is 1. The standard InChI is InChI=1S/C10H18N2O/c1-7(2)12-6-9-4-3-8(11-9)5-10(12)13/h7-9,11H,3-6H2,1-2H3. The average molecular weight is 182 g/mol. The quantitative estimate of drug-likeness (QED) is 0.649. The predicted octanol–water partition coefficient (Wildman–Crippen LogP) is 0.748. The predicted molar refractivity (Wildman–Crippen MR) is 51.4 cm³/mol. The number of fused-ring (bicyclic) bond motifs is 2. The first-order valence-electron chi connectivity index (χ1n) is 5.22. The first kappa shape index (κ1) is 9.00. The van der Waals surface area contributed by atoms with E-state index in [1.807, 2.05) is 4.90 Å². The van der Waals surface area contributed by atoms with E-state index in [1.165, 1.54) is 12.8 Å². The maximum Gasteiger partial charge on any atom is 0.224 e. The topological polar surface area (TPSA) is 32.3 Å². The zero-order chi connectivity index (χ0) is 9.42. The van der Waals surface area contributed by atoms with Crippen molar-refractivity contribution in [3.63, 3.8) is 0 Å². The molecule has 2 saturated heterocycles. The first-order chi connectivity index (χ1) is 6.16. The van der Waals surface area contributed by atoms with E-state index < -0.39 is 0 Å². The van der Waals surface area contributed by atoms with Crippen molar-refractivity contribution in [3.05, 3.63) is 0 Å². The van der Waals surface area contributed by atoms with Crippen molar-refractivity contribution in [1.82, 2.24) is 10.2 Å². The summed E-state index contributed by atoms with van der Waals surface area (Å²) in [6.07, 6.45) is 3.12. The molecule has 2 aliphatic rings. The molecule has 0 spiro atoms. The van der Waals surface area contributed by atoms with E-state index in [0.29, 0.717) is 30.5 Å². The molecule has 0 aromatic rings. The van der Waals surface area contributed by atoms with E-state index in [-0.39, 0.29) is 0 Å². The third-order valence-electron chi connectivity index (χ3n) is 3.12. The molecule has 2 aliphatic heterocycles. The summed E-state index contributed by atoms with van der Waals surface area (Å²) in [5.74, 6) is 0.328. The van der Waals surface area contributed by atoms with Crippen LogP contribution < -0.4 is 5.32 Å². The molecule has 3 nitrogen and oxygen atoms in total. The van der Waals surface area contributed by atoms with E-state index >= 15 is 0 Å². The summed E-state index contributed by atoms with van der Waals surface area (Å²) in [6, 6.07) is 1.37. The van der Waals surface area contributed by atoms with Gasteiger partial charge in [-0.2, -0.15) is 0 Å². The molecule has 2 heterocycles. The number of hydrogen-bond donors (Lipinski definition) is 1. The average Bonchev–Trinajstić information content (AvgIpc) is 2.38. The molecule has 1 N–H and O–H groups in total. The fourth-order valence-corrected chi connectivity index (χ4v) is 2.37. The van der Waals surface area contributed by atoms with E-state index in [9.17, 15) is 4.79 Å². The Bertz CT molecular complexity index is 215. The van der Waals surface area contributed by atoms with Gasteiger partial charge < -0.3 is 10.2 Å². The monoisotopic (exact) mass is 182 g/mol. The van der Waals surface area contributed by atoms with Gasteiger partial charge >= 0.3 is 0 Å². The number of likely N-dealkylation sites (tertiary alicyclic amines) is 1. The van der Waals surface area contributed by atoms with Crippen LogP contribution in [0, 0.1) is 0 Å². The van der Waals surface area contributed by atoms with Crippen molar-refractivity contribution in [2.75, 3.05) is 6.54 Å². The minimum Gasteiger partial charge on any atom is -0.339 e. The van der Waals surface area contributed by atoms with Gasteiger partial charge in [-0.1, -0.05) is 0 Å². The van der Waals surface area contributed by atoms with Crippen LogP contribution in [0.5, 0.6) is 0 Å². The molecule has 0 aromatic heterocycles. The largest absolute Gasteiger partial charge is 0.339 e. The van der Waals surface area contributed by atoms with Crippen molar-refractivity contribution < 1.29 is 4.79 Å². The molecule has 2 unspecified atom stereocenters. The van der Waals surface area contributed by atoms with Crippen molar-refractivity contribution in [2.45, 2.75) is 51.2 Å². The zero-order valence-electron chi connectivity index (χ0n) is 8.42. The summed E-state index contributed by atoms with van der Waals surface area (Å²) in [6.45, 7) is 5.10. The maximum atomic E-state index is 11.7. The van der Waals surface area contributed by atoms with Crippen LogP contribution in [-0.4, -0.2) is 35.5 Å². The van der Waals surface area contributed by atoms with Crippen molar-refractivity contribution in [2.24, 2.45) is 0 Å². The van der Waals surface area contributed by atoms with Gasteiger partial charge in [0.25, 0.3) is 0 Å². The lowest BCUT2D eigenvalue weighted by molar-refractivity contribution is -0.132. The van der Waals surface area contributed by atoms with E-state index in [2.05, 4.69) is 19.2 Å². The van der Waals surface area contributed by atoms with Gasteiger partial charge in [-0.15, -0.1) is 0 Å². The second-order valence-electron chi connectivity index (χ2n) is 4.48. The van der Waals surface area contributed by atoms with Crippen LogP contribution in [0.2, 0.25) is 0 Å². The molecule has 0 aromatic carbocycles. The molecule has 2 bridgehead atoms. The second kappa shape index (κ2) is 3.29. The zero-order valence-corrected chi connectivity index (χ0v) is 8.42. The fraction of sp³-hybridized carbons (Fsp3) is 0.900. The summed E-state index contributed by atoms with van der Waals surface area (Å²) in [4.78, 5) is 13.7. The van der Waals surface area contributed by atoms with Crippen molar-refractivity contribution in [1.29, 1.82) is 0 Å². The Morgan fingerprint density at radius 1 is 1.38 bits per heavy atom. The molecule has 2 rings (SSSR count). The minimum absolute atomic E-state index is 0.328. The Balaban J connectivity index is 2.09. The van der Waals surface area contributed by atoms with Gasteiger partial charge in [0.15, 0.2) is 0 Å². The van der Waals surface area contributed by atoms with Crippen LogP contribution in [0.3, 0.4) is 0 Å². The second-order valence-corrected chi connectivity index (χ2v) is 4.48. The molecule has 13 heavy (non-hydrogen) atoms. The molecule has 74 valence electrons. The smallest absolute Gasteiger partial charge is 0.224 e. The van der Waals surface area contributed by atoms with Crippen LogP contribution in [0.1, 0.15) is 33.1 Å². The summed E-state index contributed by atoms with van der Waals surface area (Å²) < 4.78 is 0. The third kappa shape index (κ3) is 1.70. The Morgan fingerprint density at radius 3 is 2.77 bits per heavy atom. The summed E-state index contributed by atoms with van der Waals surface area (Å²) in [7, 11) is 0. The van der Waals surface area contributed by atoms with Gasteiger partial charge in [0, 0.05) is 31.1 Å². The molecule has 2 fully saturated rings. The Hall–Kier alpha value is -0.570. The van der Waals surface area contributed by atoms with Gasteiger partial charge in [-0.25, -0.2) is 0 Å². The van der Waals surface area contributed by atoms with Crippen LogP contribution in [-0.2, 0) is 4.79 Å². The maximum absolute atomic E-state index is 11.7. The molecule has 0 aliphatic carbocycles. The number of carbonyl (C=O) groups is 1. The van der Waals surface area contributed by atoms with Crippen molar-refractivity contribution in [3.8, 4) is 0 Å². The molecule has 1 amide bonds. The van der Waals surface area contributed by atoms with Crippen LogP contribution in [0.4, 0.5) is 0 Å². The Morgan fingerprint density at radius 2 is 2.08 bits per heavy atom. The summed E-state index contributed by atoms with van der Waals surface area (Å²) in [5, 5.41) is 3.51. The number of nitrogens with one attached hydrogen (secondary N) is 1. The third-order valence-corrected chi connectivity index (χ3v) is 3.12. The van der Waals surface area contributed by atoms with E-state index in [0.717, 1.165) is 6.54 Å². The molecular formula is C10H18N2O. The number of amides is 1. The molecule has 0 saturated carbocycles. The Kier molecular flexibility index (Phi) is 2.28. The molecule has 0 radical (unpaired) electrons. The molecule has 2 atom stereocenters. The highest BCUT2D eigenvalue weighted by atomic mass is 16.2. The minimum atomic E-state index is 0.328. The normalized spacial score (nSPS) is 34.1. The van der Waals surface area contributed by atoms with Gasteiger partial charge in [0.2, 0.25) is 5.91 Å². The highest BCUT2D eigenvalue weighted by molar-refractivity contribution is 5.77. The highest BCUT2D eigenvalue weighted by Gasteiger charge is 2.33. The Labute approximate surface area is 79.5 Å². The van der Waals surface area contributed by atoms with E-state index in [4.69, 9.17) is 0 Å². The fourth-order valence-electron chi connectivity index (χ4n) is 2.37. The van der Waals surface area contributed by atoms with Crippen LogP contribution in [0.15, 0.2) is 0 Å². The highest BCUT2D eigenvalue weighted by Crippen LogP contribution is 2.22. The molecule has 3 heteroatoms. The van der Waals surface area contributed by atoms with Crippen LogP contribution >= 0.6 is 0 Å². The van der Waals surface area contributed by atoms with Crippen molar-refractivity contribution >= 4 is 5.91 Å². The lowest BCUT2D eigenvalue weighted by atomic mass is 10.1. The first-order valence-corrected chi connectivity index (χ1v) is 5.22. The number of hydrogen-bond acceptors (Lipinski definition) is 2. The van der Waals surface area contributed by atoms with Gasteiger partial charge in [0.05, 0.1) is 0 Å². The van der Waals surface area contributed by atoms with E-state index in [1.54, 1.807) is 0 Å². The summed E-state index contributed by atoms with van der Waals surface area (Å²) >= 11 is 0.